The number of nitrogens with one attached hydrogen (secondary N) is 1. The van der Waals surface area contributed by atoms with E-state index in [1.807, 2.05) is 37.3 Å². The fourth-order valence-electron chi connectivity index (χ4n) is 3.66. The lowest BCUT2D eigenvalue weighted by molar-refractivity contribution is -0.0327. The van der Waals surface area contributed by atoms with Gasteiger partial charge in [-0.25, -0.2) is 4.98 Å². The van der Waals surface area contributed by atoms with Gasteiger partial charge in [-0.15, -0.1) is 0 Å². The van der Waals surface area contributed by atoms with Crippen molar-refractivity contribution in [1.29, 1.82) is 0 Å². The van der Waals surface area contributed by atoms with Crippen molar-refractivity contribution in [2.45, 2.75) is 50.8 Å². The van der Waals surface area contributed by atoms with Crippen LogP contribution in [-0.4, -0.2) is 27.5 Å². The molecular weight excluding hydrogens is 382 g/mol. The zero-order valence-electron chi connectivity index (χ0n) is 17.2. The Balaban J connectivity index is 1.79. The molecule has 0 radical (unpaired) electrons. The standard InChI is InChI=1S/C23H27N3O2S/c1-5-23(4)12-19-16(13-28-23)11-18-20(24-19)25-22(29-14-15(2)3)26(21(18)27)17-9-7-6-8-10-17/h6-10,24H,2,5,11-14H2,1,3-4H3. The molecule has 2 aromatic rings. The Morgan fingerprint density at radius 2 is 2.14 bits per heavy atom. The molecule has 152 valence electrons. The first-order chi connectivity index (χ1) is 13.9. The molecule has 1 aromatic heterocycles. The zero-order valence-corrected chi connectivity index (χ0v) is 18.1. The van der Waals surface area contributed by atoms with Gasteiger partial charge in [0.2, 0.25) is 0 Å². The Morgan fingerprint density at radius 1 is 1.38 bits per heavy atom. The van der Waals surface area contributed by atoms with E-state index in [1.54, 1.807) is 16.3 Å². The van der Waals surface area contributed by atoms with Crippen LogP contribution in [0, 0.1) is 0 Å². The summed E-state index contributed by atoms with van der Waals surface area (Å²) in [4.78, 5) is 18.4. The Bertz CT molecular complexity index is 1040. The Kier molecular flexibility index (Phi) is 5.40. The van der Waals surface area contributed by atoms with Crippen molar-refractivity contribution in [3.63, 3.8) is 0 Å². The van der Waals surface area contributed by atoms with Crippen molar-refractivity contribution in [3.05, 3.63) is 69.7 Å². The van der Waals surface area contributed by atoms with Crippen LogP contribution in [-0.2, 0) is 11.2 Å². The molecular formula is C23H27N3O2S. The minimum Gasteiger partial charge on any atom is -0.370 e. The van der Waals surface area contributed by atoms with E-state index in [1.165, 1.54) is 0 Å². The smallest absolute Gasteiger partial charge is 0.264 e. The minimum atomic E-state index is -0.167. The topological polar surface area (TPSA) is 56.2 Å². The molecule has 1 atom stereocenters. The average molecular weight is 410 g/mol. The van der Waals surface area contributed by atoms with Gasteiger partial charge in [-0.2, -0.15) is 0 Å². The number of aromatic nitrogens is 2. The molecule has 6 heteroatoms. The second-order valence-corrected chi connectivity index (χ2v) is 9.04. The first-order valence-corrected chi connectivity index (χ1v) is 11.0. The second-order valence-electron chi connectivity index (χ2n) is 8.10. The maximum Gasteiger partial charge on any atom is 0.264 e. The van der Waals surface area contributed by atoms with E-state index < -0.39 is 0 Å². The van der Waals surface area contributed by atoms with Crippen molar-refractivity contribution in [3.8, 4) is 5.69 Å². The van der Waals surface area contributed by atoms with Crippen LogP contribution in [0.4, 0.5) is 5.82 Å². The maximum atomic E-state index is 13.5. The summed E-state index contributed by atoms with van der Waals surface area (Å²) in [7, 11) is 0. The van der Waals surface area contributed by atoms with E-state index in [9.17, 15) is 4.79 Å². The second kappa shape index (κ2) is 7.84. The normalized spacial score (nSPS) is 20.7. The summed E-state index contributed by atoms with van der Waals surface area (Å²) in [6, 6.07) is 9.71. The Morgan fingerprint density at radius 3 is 2.83 bits per heavy atom. The number of fused-ring (bicyclic) bond motifs is 1. The number of benzene rings is 1. The molecule has 1 unspecified atom stereocenters. The summed E-state index contributed by atoms with van der Waals surface area (Å²) in [6.45, 7) is 10.8. The fourth-order valence-corrected chi connectivity index (χ4v) is 4.51. The number of hydrogen-bond donors (Lipinski definition) is 1. The van der Waals surface area contributed by atoms with Crippen molar-refractivity contribution in [1.82, 2.24) is 9.55 Å². The minimum absolute atomic E-state index is 0.0201. The largest absolute Gasteiger partial charge is 0.370 e. The van der Waals surface area contributed by atoms with E-state index in [-0.39, 0.29) is 11.2 Å². The van der Waals surface area contributed by atoms with Crippen LogP contribution < -0.4 is 10.9 Å². The van der Waals surface area contributed by atoms with Crippen LogP contribution in [0.5, 0.6) is 0 Å². The molecule has 2 aliphatic heterocycles. The number of nitrogens with zero attached hydrogens (tertiary/aromatic N) is 2. The lowest BCUT2D eigenvalue weighted by Crippen LogP contribution is -2.39. The number of hydrogen-bond acceptors (Lipinski definition) is 5. The highest BCUT2D eigenvalue weighted by molar-refractivity contribution is 7.99. The monoisotopic (exact) mass is 409 g/mol. The molecule has 3 heterocycles. The lowest BCUT2D eigenvalue weighted by atomic mass is 9.88. The van der Waals surface area contributed by atoms with Crippen LogP contribution in [0.2, 0.25) is 0 Å². The van der Waals surface area contributed by atoms with Crippen molar-refractivity contribution in [2.75, 3.05) is 17.7 Å². The molecule has 2 aliphatic rings. The van der Waals surface area contributed by atoms with E-state index >= 15 is 0 Å². The predicted octanol–water partition coefficient (Wildman–Crippen LogP) is 4.71. The molecule has 0 saturated carbocycles. The molecule has 0 amide bonds. The number of ether oxygens (including phenoxy) is 1. The lowest BCUT2D eigenvalue weighted by Gasteiger charge is -2.38. The summed E-state index contributed by atoms with van der Waals surface area (Å²) < 4.78 is 7.82. The Hall–Kier alpha value is -2.31. The van der Waals surface area contributed by atoms with Gasteiger partial charge < -0.3 is 10.1 Å². The van der Waals surface area contributed by atoms with E-state index in [4.69, 9.17) is 9.72 Å². The first-order valence-electron chi connectivity index (χ1n) is 10.0. The molecule has 0 aliphatic carbocycles. The summed E-state index contributed by atoms with van der Waals surface area (Å²) in [6.07, 6.45) is 2.35. The quantitative estimate of drug-likeness (QED) is 0.440. The van der Waals surface area contributed by atoms with Gasteiger partial charge in [-0.05, 0) is 38.0 Å². The fraction of sp³-hybridized carbons (Fsp3) is 0.391. The van der Waals surface area contributed by atoms with Gasteiger partial charge in [-0.3, -0.25) is 9.36 Å². The molecule has 5 nitrogen and oxygen atoms in total. The third kappa shape index (κ3) is 3.91. The van der Waals surface area contributed by atoms with Crippen LogP contribution in [0.3, 0.4) is 0 Å². The number of rotatable bonds is 5. The van der Waals surface area contributed by atoms with Gasteiger partial charge in [0.1, 0.15) is 5.82 Å². The van der Waals surface area contributed by atoms with Crippen LogP contribution in [0.25, 0.3) is 5.69 Å². The van der Waals surface area contributed by atoms with Gasteiger partial charge in [0.05, 0.1) is 23.5 Å². The number of thioether (sulfide) groups is 1. The molecule has 0 saturated heterocycles. The van der Waals surface area contributed by atoms with Gasteiger partial charge in [-0.1, -0.05) is 49.0 Å². The van der Waals surface area contributed by atoms with Crippen LogP contribution >= 0.6 is 11.8 Å². The first kappa shape index (κ1) is 20.0. The predicted molar refractivity (Wildman–Crippen MR) is 119 cm³/mol. The summed E-state index contributed by atoms with van der Waals surface area (Å²) in [5, 5.41) is 4.16. The average Bonchev–Trinajstić information content (AvgIpc) is 2.72. The zero-order chi connectivity index (χ0) is 20.6. The third-order valence-corrected chi connectivity index (χ3v) is 6.76. The van der Waals surface area contributed by atoms with Crippen molar-refractivity contribution in [2.24, 2.45) is 0 Å². The number of para-hydroxylation sites is 1. The van der Waals surface area contributed by atoms with Gasteiger partial charge in [0, 0.05) is 24.3 Å². The van der Waals surface area contributed by atoms with Crippen LogP contribution in [0.15, 0.2) is 63.7 Å². The summed E-state index contributed by atoms with van der Waals surface area (Å²) >= 11 is 1.54. The summed E-state index contributed by atoms with van der Waals surface area (Å²) in [5.74, 6) is 1.40. The maximum absolute atomic E-state index is 13.5. The highest BCUT2D eigenvalue weighted by Gasteiger charge is 2.34. The van der Waals surface area contributed by atoms with Crippen molar-refractivity contribution >= 4 is 17.6 Å². The SMILES string of the molecule is C=C(C)CSc1nc2c(c(=O)n1-c1ccccc1)CC1=C(CC(C)(CC)OC1)N2. The summed E-state index contributed by atoms with van der Waals surface area (Å²) in [5.41, 5.74) is 4.71. The van der Waals surface area contributed by atoms with Gasteiger partial charge in [0.25, 0.3) is 5.56 Å². The molecule has 0 spiro atoms. The molecule has 0 fully saturated rings. The highest BCUT2D eigenvalue weighted by atomic mass is 32.2. The van der Waals surface area contributed by atoms with Crippen LogP contribution in [0.1, 0.15) is 39.2 Å². The van der Waals surface area contributed by atoms with E-state index in [0.717, 1.165) is 35.4 Å². The third-order valence-electron chi connectivity index (χ3n) is 5.59. The molecule has 4 rings (SSSR count). The number of anilines is 1. The van der Waals surface area contributed by atoms with Crippen molar-refractivity contribution < 1.29 is 4.74 Å². The molecule has 1 aromatic carbocycles. The highest BCUT2D eigenvalue weighted by Crippen LogP contribution is 2.37. The van der Waals surface area contributed by atoms with E-state index in [2.05, 4.69) is 25.7 Å². The molecule has 0 bridgehead atoms. The molecule has 1 N–H and O–H groups in total. The molecule has 29 heavy (non-hydrogen) atoms. The van der Waals surface area contributed by atoms with Gasteiger partial charge >= 0.3 is 0 Å². The van der Waals surface area contributed by atoms with E-state index in [0.29, 0.717) is 35.3 Å². The Labute approximate surface area is 175 Å². The van der Waals surface area contributed by atoms with Gasteiger partial charge in [0.15, 0.2) is 5.16 Å².